The van der Waals surface area contributed by atoms with Gasteiger partial charge in [0.05, 0.1) is 29.2 Å². The van der Waals surface area contributed by atoms with Crippen molar-refractivity contribution in [2.24, 2.45) is 11.8 Å². The number of hydrogen-bond donors (Lipinski definition) is 5. The van der Waals surface area contributed by atoms with E-state index in [1.165, 1.54) is 0 Å². The number of aromatic nitrogens is 2. The third kappa shape index (κ3) is 6.49. The maximum Gasteiger partial charge on any atom is 0.270 e. The molecule has 1 aromatic carbocycles. The second-order valence-corrected chi connectivity index (χ2v) is 10.2. The Morgan fingerprint density at radius 1 is 1.11 bits per heavy atom. The summed E-state index contributed by atoms with van der Waals surface area (Å²) in [5.41, 5.74) is 2.01. The Balaban J connectivity index is 1.57. The number of aliphatic hydroxyl groups excluding tert-OH is 1. The van der Waals surface area contributed by atoms with Crippen molar-refractivity contribution in [1.82, 2.24) is 20.8 Å². The first-order valence-corrected chi connectivity index (χ1v) is 12.7. The number of carbonyl (C=O) groups excluding carboxylic acids is 2. The van der Waals surface area contributed by atoms with Gasteiger partial charge in [-0.1, -0.05) is 37.3 Å². The van der Waals surface area contributed by atoms with Crippen LogP contribution in [0.25, 0.3) is 10.9 Å². The smallest absolute Gasteiger partial charge is 0.270 e. The highest BCUT2D eigenvalue weighted by Gasteiger charge is 2.45. The molecule has 37 heavy (non-hydrogen) atoms. The van der Waals surface area contributed by atoms with Crippen LogP contribution in [0.1, 0.15) is 55.1 Å². The highest BCUT2D eigenvalue weighted by Crippen LogP contribution is 2.39. The van der Waals surface area contributed by atoms with Crippen LogP contribution in [0.4, 0.5) is 0 Å². The summed E-state index contributed by atoms with van der Waals surface area (Å²) in [7, 11) is 0. The topological polar surface area (TPSA) is 145 Å². The van der Waals surface area contributed by atoms with E-state index in [2.05, 4.69) is 22.2 Å². The number of fused-ring (bicyclic) bond motifs is 1. The van der Waals surface area contributed by atoms with Crippen LogP contribution in [0.15, 0.2) is 60.9 Å². The molecular formula is C28H34N4O5. The van der Waals surface area contributed by atoms with Crippen LogP contribution in [0, 0.1) is 11.8 Å². The van der Waals surface area contributed by atoms with E-state index in [0.29, 0.717) is 30.7 Å². The Morgan fingerprint density at radius 3 is 2.54 bits per heavy atom. The van der Waals surface area contributed by atoms with Crippen LogP contribution in [-0.2, 0) is 11.2 Å². The molecule has 0 saturated heterocycles. The van der Waals surface area contributed by atoms with Gasteiger partial charge in [0.15, 0.2) is 0 Å². The second kappa shape index (κ2) is 11.8. The van der Waals surface area contributed by atoms with Crippen molar-refractivity contribution in [3.05, 3.63) is 72.2 Å². The molecule has 0 radical (unpaired) electrons. The minimum Gasteiger partial charge on any atom is -0.391 e. The molecule has 1 fully saturated rings. The van der Waals surface area contributed by atoms with Crippen molar-refractivity contribution < 1.29 is 25.0 Å². The highest BCUT2D eigenvalue weighted by atomic mass is 16.5. The van der Waals surface area contributed by atoms with E-state index in [9.17, 15) is 25.0 Å². The summed E-state index contributed by atoms with van der Waals surface area (Å²) >= 11 is 0. The van der Waals surface area contributed by atoms with E-state index < -0.39 is 35.5 Å². The second-order valence-electron chi connectivity index (χ2n) is 10.2. The third-order valence-electron chi connectivity index (χ3n) is 7.49. The average Bonchev–Trinajstić information content (AvgIpc) is 2.92. The Labute approximate surface area is 215 Å². The first-order chi connectivity index (χ1) is 17.8. The van der Waals surface area contributed by atoms with Crippen LogP contribution in [0.5, 0.6) is 0 Å². The van der Waals surface area contributed by atoms with E-state index in [1.54, 1.807) is 36.1 Å². The Kier molecular flexibility index (Phi) is 8.48. The lowest BCUT2D eigenvalue weighted by molar-refractivity contribution is -0.150. The van der Waals surface area contributed by atoms with Gasteiger partial charge in [0, 0.05) is 17.8 Å². The molecule has 3 aromatic rings. The molecule has 0 bridgehead atoms. The predicted molar refractivity (Wildman–Crippen MR) is 138 cm³/mol. The van der Waals surface area contributed by atoms with E-state index >= 15 is 0 Å². The minimum absolute atomic E-state index is 0.133. The zero-order chi connectivity index (χ0) is 26.4. The lowest BCUT2D eigenvalue weighted by Crippen LogP contribution is -2.52. The van der Waals surface area contributed by atoms with Crippen molar-refractivity contribution in [2.45, 2.75) is 63.2 Å². The van der Waals surface area contributed by atoms with Gasteiger partial charge in [0.1, 0.15) is 5.69 Å². The molecule has 1 aliphatic rings. The standard InChI is InChI=1S/C28H34N4O5/c1-18-9-12-28(36,13-10-18)21(26(34)32-37)16-25(33)24(15-19-5-3-2-4-6-19)31-27(35)23-8-7-20-17-29-14-11-22(20)30-23/h2-8,11,14,17-18,21,24-25,33,36-37H,9-10,12-13,15-16H2,1H3,(H,31,35)(H,32,34). The molecule has 1 saturated carbocycles. The van der Waals surface area contributed by atoms with Gasteiger partial charge in [-0.15, -0.1) is 0 Å². The third-order valence-corrected chi connectivity index (χ3v) is 7.49. The highest BCUT2D eigenvalue weighted by molar-refractivity contribution is 5.95. The van der Waals surface area contributed by atoms with Gasteiger partial charge in [0.2, 0.25) is 5.91 Å². The van der Waals surface area contributed by atoms with Gasteiger partial charge < -0.3 is 15.5 Å². The van der Waals surface area contributed by atoms with Gasteiger partial charge in [-0.25, -0.2) is 10.5 Å². The summed E-state index contributed by atoms with van der Waals surface area (Å²) < 4.78 is 0. The number of amides is 2. The number of rotatable bonds is 9. The van der Waals surface area contributed by atoms with Crippen molar-refractivity contribution in [1.29, 1.82) is 0 Å². The quantitative estimate of drug-likeness (QED) is 0.222. The molecule has 196 valence electrons. The van der Waals surface area contributed by atoms with Gasteiger partial charge in [-0.2, -0.15) is 0 Å². The van der Waals surface area contributed by atoms with E-state index in [-0.39, 0.29) is 12.1 Å². The average molecular weight is 507 g/mol. The van der Waals surface area contributed by atoms with Gasteiger partial charge in [0.25, 0.3) is 5.91 Å². The Morgan fingerprint density at radius 2 is 1.84 bits per heavy atom. The van der Waals surface area contributed by atoms with Crippen molar-refractivity contribution in [2.75, 3.05) is 0 Å². The fourth-order valence-corrected chi connectivity index (χ4v) is 5.15. The van der Waals surface area contributed by atoms with Crippen molar-refractivity contribution in [3.63, 3.8) is 0 Å². The minimum atomic E-state index is -1.35. The predicted octanol–water partition coefficient (Wildman–Crippen LogP) is 2.78. The number of nitrogens with one attached hydrogen (secondary N) is 2. The first-order valence-electron chi connectivity index (χ1n) is 12.7. The van der Waals surface area contributed by atoms with Crippen LogP contribution < -0.4 is 10.8 Å². The Hall–Kier alpha value is -3.40. The first kappa shape index (κ1) is 26.7. The summed E-state index contributed by atoms with van der Waals surface area (Å²) in [5, 5.41) is 35.8. The molecule has 2 amide bonds. The van der Waals surface area contributed by atoms with E-state index in [1.807, 2.05) is 30.3 Å². The molecule has 1 aliphatic carbocycles. The number of pyridine rings is 2. The molecule has 9 heteroatoms. The van der Waals surface area contributed by atoms with E-state index in [4.69, 9.17) is 0 Å². The number of nitrogens with zero attached hydrogens (tertiary/aromatic N) is 2. The fourth-order valence-electron chi connectivity index (χ4n) is 5.15. The fraction of sp³-hybridized carbons (Fsp3) is 0.429. The molecule has 4 rings (SSSR count). The van der Waals surface area contributed by atoms with Crippen LogP contribution in [0.3, 0.4) is 0 Å². The van der Waals surface area contributed by atoms with Crippen LogP contribution in [-0.4, -0.2) is 54.9 Å². The lowest BCUT2D eigenvalue weighted by Gasteiger charge is -2.41. The summed E-state index contributed by atoms with van der Waals surface area (Å²) in [5.74, 6) is -1.82. The molecule has 3 unspecified atom stereocenters. The molecule has 9 nitrogen and oxygen atoms in total. The number of hydrogen-bond acceptors (Lipinski definition) is 7. The molecule has 2 aromatic heterocycles. The summed E-state index contributed by atoms with van der Waals surface area (Å²) in [4.78, 5) is 34.3. The number of carbonyl (C=O) groups is 2. The number of benzene rings is 1. The zero-order valence-corrected chi connectivity index (χ0v) is 20.9. The van der Waals surface area contributed by atoms with Crippen LogP contribution in [0.2, 0.25) is 0 Å². The normalized spacial score (nSPS) is 22.1. The number of aliphatic hydroxyl groups is 2. The largest absolute Gasteiger partial charge is 0.391 e. The van der Waals surface area contributed by atoms with E-state index in [0.717, 1.165) is 23.8 Å². The SMILES string of the molecule is CC1CCC(O)(C(CC(O)C(Cc2ccccc2)NC(=O)c2ccc3cnccc3n2)C(=O)NO)CC1. The summed E-state index contributed by atoms with van der Waals surface area (Å²) in [6.07, 6.45) is 4.52. The Bertz CT molecular complexity index is 1210. The maximum absolute atomic E-state index is 13.2. The molecule has 5 N–H and O–H groups in total. The zero-order valence-electron chi connectivity index (χ0n) is 20.9. The van der Waals surface area contributed by atoms with Gasteiger partial charge in [-0.05, 0) is 68.2 Å². The number of hydroxylamine groups is 1. The summed E-state index contributed by atoms with van der Waals surface area (Å²) in [6, 6.07) is 13.7. The molecule has 0 aliphatic heterocycles. The molecular weight excluding hydrogens is 472 g/mol. The van der Waals surface area contributed by atoms with Gasteiger partial charge >= 0.3 is 0 Å². The van der Waals surface area contributed by atoms with Gasteiger partial charge in [-0.3, -0.25) is 19.8 Å². The van der Waals surface area contributed by atoms with Crippen molar-refractivity contribution in [3.8, 4) is 0 Å². The van der Waals surface area contributed by atoms with Crippen molar-refractivity contribution >= 4 is 22.7 Å². The monoisotopic (exact) mass is 506 g/mol. The lowest BCUT2D eigenvalue weighted by atomic mass is 9.70. The molecule has 3 atom stereocenters. The molecule has 0 spiro atoms. The summed E-state index contributed by atoms with van der Waals surface area (Å²) in [6.45, 7) is 2.10. The van der Waals surface area contributed by atoms with Crippen LogP contribution >= 0.6 is 0 Å². The molecule has 2 heterocycles. The maximum atomic E-state index is 13.2.